The number of morpholine rings is 1. The molecule has 218 valence electrons. The van der Waals surface area contributed by atoms with E-state index in [2.05, 4.69) is 47.2 Å². The zero-order chi connectivity index (χ0) is 28.7. The smallest absolute Gasteiger partial charge is 0.140 e. The molecule has 4 aromatic rings. The van der Waals surface area contributed by atoms with E-state index in [1.807, 2.05) is 47.1 Å². The van der Waals surface area contributed by atoms with E-state index in [0.29, 0.717) is 19.2 Å². The highest BCUT2D eigenvalue weighted by atomic mass is 16.5. The number of hydrogen-bond acceptors (Lipinski definition) is 10. The molecule has 42 heavy (non-hydrogen) atoms. The number of fused-ring (bicyclic) bond motifs is 2. The van der Waals surface area contributed by atoms with Crippen LogP contribution in [0.2, 0.25) is 0 Å². The van der Waals surface area contributed by atoms with E-state index in [9.17, 15) is 0 Å². The number of anilines is 1. The zero-order valence-corrected chi connectivity index (χ0v) is 23.9. The van der Waals surface area contributed by atoms with Crippen molar-refractivity contribution in [3.05, 3.63) is 78.5 Å². The van der Waals surface area contributed by atoms with E-state index >= 15 is 0 Å². The lowest BCUT2D eigenvalue weighted by molar-refractivity contribution is -0.0460. The van der Waals surface area contributed by atoms with Crippen molar-refractivity contribution in [1.82, 2.24) is 29.2 Å². The van der Waals surface area contributed by atoms with Crippen LogP contribution in [-0.2, 0) is 11.3 Å². The average Bonchev–Trinajstić information content (AvgIpc) is 3.46. The topological polar surface area (TPSA) is 118 Å². The molecule has 1 atom stereocenters. The molecule has 0 radical (unpaired) electrons. The summed E-state index contributed by atoms with van der Waals surface area (Å²) in [4.78, 5) is 22.6. The number of pyridine rings is 1. The number of nitrogens with one attached hydrogen (secondary N) is 1. The van der Waals surface area contributed by atoms with Crippen LogP contribution in [0.1, 0.15) is 11.1 Å². The average molecular weight is 568 g/mol. The molecule has 3 aromatic heterocycles. The van der Waals surface area contributed by atoms with Crippen LogP contribution in [0.25, 0.3) is 22.6 Å². The SMILES string of the molecule is CN=CC(=CN)c1ccc(CNc2cc(-c3cnc4cc(OCCN5CCN6CCOCC6C5)ccn34)ncn2)cc1. The second kappa shape index (κ2) is 13.1. The van der Waals surface area contributed by atoms with Crippen LogP contribution < -0.4 is 15.8 Å². The predicted octanol–water partition coefficient (Wildman–Crippen LogP) is 2.80. The first-order valence-corrected chi connectivity index (χ1v) is 14.3. The fourth-order valence-electron chi connectivity index (χ4n) is 5.50. The first kappa shape index (κ1) is 27.8. The largest absolute Gasteiger partial charge is 0.492 e. The molecule has 3 N–H and O–H groups in total. The number of aromatic nitrogens is 4. The van der Waals surface area contributed by atoms with Gasteiger partial charge < -0.3 is 20.5 Å². The maximum Gasteiger partial charge on any atom is 0.140 e. The van der Waals surface area contributed by atoms with Gasteiger partial charge in [-0.3, -0.25) is 19.2 Å². The Morgan fingerprint density at radius 3 is 2.90 bits per heavy atom. The van der Waals surface area contributed by atoms with Gasteiger partial charge in [0.25, 0.3) is 0 Å². The molecule has 1 unspecified atom stereocenters. The highest BCUT2D eigenvalue weighted by Crippen LogP contribution is 2.24. The number of aliphatic imine (C=N–C) groups is 1. The summed E-state index contributed by atoms with van der Waals surface area (Å²) in [6, 6.07) is 14.6. The summed E-state index contributed by atoms with van der Waals surface area (Å²) in [5.41, 5.74) is 11.2. The van der Waals surface area contributed by atoms with Gasteiger partial charge >= 0.3 is 0 Å². The first-order valence-electron chi connectivity index (χ1n) is 14.3. The molecule has 0 amide bonds. The maximum atomic E-state index is 6.11. The van der Waals surface area contributed by atoms with Crippen molar-refractivity contribution < 1.29 is 9.47 Å². The molecule has 0 spiro atoms. The van der Waals surface area contributed by atoms with E-state index < -0.39 is 0 Å². The predicted molar refractivity (Wildman–Crippen MR) is 165 cm³/mol. The zero-order valence-electron chi connectivity index (χ0n) is 23.9. The summed E-state index contributed by atoms with van der Waals surface area (Å²) in [5, 5.41) is 3.39. The monoisotopic (exact) mass is 567 g/mol. The Balaban J connectivity index is 1.05. The van der Waals surface area contributed by atoms with Crippen LogP contribution in [0.15, 0.2) is 72.4 Å². The third-order valence-corrected chi connectivity index (χ3v) is 7.82. The fraction of sp³-hybridized carbons (Fsp3) is 0.355. The van der Waals surface area contributed by atoms with Crippen molar-refractivity contribution >= 4 is 23.3 Å². The minimum atomic E-state index is 0.505. The second-order valence-corrected chi connectivity index (χ2v) is 10.5. The van der Waals surface area contributed by atoms with Gasteiger partial charge in [0, 0.05) is 88.7 Å². The first-order chi connectivity index (χ1) is 20.7. The number of imidazole rings is 1. The van der Waals surface area contributed by atoms with Crippen molar-refractivity contribution in [2.75, 3.05) is 64.9 Å². The summed E-state index contributed by atoms with van der Waals surface area (Å²) < 4.78 is 13.8. The lowest BCUT2D eigenvalue weighted by Gasteiger charge is -2.43. The maximum absolute atomic E-state index is 6.11. The number of nitrogens with two attached hydrogens (primary N) is 1. The number of rotatable bonds is 10. The third kappa shape index (κ3) is 6.43. The lowest BCUT2D eigenvalue weighted by Crippen LogP contribution is -2.58. The normalized spacial score (nSPS) is 18.4. The molecule has 0 bridgehead atoms. The fourth-order valence-corrected chi connectivity index (χ4v) is 5.50. The Hall–Kier alpha value is -4.32. The minimum absolute atomic E-state index is 0.505. The Bertz CT molecular complexity index is 1550. The van der Waals surface area contributed by atoms with Crippen LogP contribution in [0.5, 0.6) is 5.75 Å². The summed E-state index contributed by atoms with van der Waals surface area (Å²) in [5.74, 6) is 1.55. The van der Waals surface area contributed by atoms with E-state index in [1.54, 1.807) is 25.8 Å². The van der Waals surface area contributed by atoms with E-state index in [1.165, 1.54) is 0 Å². The van der Waals surface area contributed by atoms with Gasteiger partial charge in [-0.25, -0.2) is 15.0 Å². The van der Waals surface area contributed by atoms with Crippen molar-refractivity contribution in [2.24, 2.45) is 10.7 Å². The van der Waals surface area contributed by atoms with Crippen LogP contribution in [-0.4, -0.2) is 101 Å². The molecule has 2 saturated heterocycles. The van der Waals surface area contributed by atoms with E-state index in [0.717, 1.165) is 91.2 Å². The molecular formula is C31H37N9O2. The minimum Gasteiger partial charge on any atom is -0.492 e. The van der Waals surface area contributed by atoms with Gasteiger partial charge in [-0.05, 0) is 17.2 Å². The summed E-state index contributed by atoms with van der Waals surface area (Å²) in [7, 11) is 1.73. The van der Waals surface area contributed by atoms with Gasteiger partial charge in [0.2, 0.25) is 0 Å². The number of nitrogens with zero attached hydrogens (tertiary/aromatic N) is 7. The van der Waals surface area contributed by atoms with Gasteiger partial charge in [0.05, 0.1) is 30.8 Å². The van der Waals surface area contributed by atoms with Crippen molar-refractivity contribution in [1.29, 1.82) is 0 Å². The Morgan fingerprint density at radius 1 is 1.14 bits per heavy atom. The number of ether oxygens (including phenoxy) is 2. The quantitative estimate of drug-likeness (QED) is 0.279. The second-order valence-electron chi connectivity index (χ2n) is 10.5. The van der Waals surface area contributed by atoms with Crippen molar-refractivity contribution in [3.8, 4) is 17.1 Å². The molecule has 0 aliphatic carbocycles. The number of hydrogen-bond donors (Lipinski definition) is 2. The van der Waals surface area contributed by atoms with Gasteiger partial charge in [-0.15, -0.1) is 0 Å². The highest BCUT2D eigenvalue weighted by molar-refractivity contribution is 6.09. The molecule has 0 saturated carbocycles. The summed E-state index contributed by atoms with van der Waals surface area (Å²) >= 11 is 0. The van der Waals surface area contributed by atoms with Gasteiger partial charge in [0.15, 0.2) is 0 Å². The molecule has 1 aromatic carbocycles. The molecule has 11 heteroatoms. The molecule has 11 nitrogen and oxygen atoms in total. The highest BCUT2D eigenvalue weighted by Gasteiger charge is 2.29. The van der Waals surface area contributed by atoms with Crippen LogP contribution in [0, 0.1) is 0 Å². The molecule has 2 aliphatic rings. The number of benzene rings is 1. The lowest BCUT2D eigenvalue weighted by atomic mass is 10.1. The van der Waals surface area contributed by atoms with Crippen LogP contribution in [0.4, 0.5) is 5.82 Å². The molecule has 6 rings (SSSR count). The number of allylic oxidation sites excluding steroid dienone is 1. The molecular weight excluding hydrogens is 530 g/mol. The van der Waals surface area contributed by atoms with E-state index in [4.69, 9.17) is 15.2 Å². The third-order valence-electron chi connectivity index (χ3n) is 7.82. The van der Waals surface area contributed by atoms with Crippen molar-refractivity contribution in [3.63, 3.8) is 0 Å². The summed E-state index contributed by atoms with van der Waals surface area (Å²) in [6.45, 7) is 8.11. The molecule has 2 aliphatic heterocycles. The Morgan fingerprint density at radius 2 is 2.05 bits per heavy atom. The number of piperazine rings is 1. The standard InChI is InChI=1S/C31H37N9O2/c1-33-18-25(16-32)24-4-2-23(3-5-24)17-34-30-15-28(36-22-37-30)29-19-35-31-14-27(6-7-40(29)31)42-13-10-38-8-9-39-11-12-41-21-26(39)20-38/h2-7,14-16,18-19,22,26H,8-13,17,20-21,32H2,1H3,(H,34,36,37). The molecule has 5 heterocycles. The van der Waals surface area contributed by atoms with Gasteiger partial charge in [-0.2, -0.15) is 0 Å². The Kier molecular flexibility index (Phi) is 8.69. The van der Waals surface area contributed by atoms with Gasteiger partial charge in [0.1, 0.15) is 30.1 Å². The van der Waals surface area contributed by atoms with Crippen LogP contribution >= 0.6 is 0 Å². The Labute approximate surface area is 245 Å². The van der Waals surface area contributed by atoms with E-state index in [-0.39, 0.29) is 0 Å². The van der Waals surface area contributed by atoms with Crippen molar-refractivity contribution in [2.45, 2.75) is 12.6 Å². The van der Waals surface area contributed by atoms with Crippen LogP contribution in [0.3, 0.4) is 0 Å². The molecule has 2 fully saturated rings. The van der Waals surface area contributed by atoms with Gasteiger partial charge in [-0.1, -0.05) is 24.3 Å². The summed E-state index contributed by atoms with van der Waals surface area (Å²) in [6.07, 6.45) is 8.69.